The summed E-state index contributed by atoms with van der Waals surface area (Å²) in [5.74, 6) is -0.312. The van der Waals surface area contributed by atoms with Crippen LogP contribution < -0.4 is 5.48 Å². The van der Waals surface area contributed by atoms with Crippen LogP contribution in [0.15, 0.2) is 28.7 Å². The van der Waals surface area contributed by atoms with Crippen molar-refractivity contribution in [2.45, 2.75) is 83.4 Å². The van der Waals surface area contributed by atoms with Crippen molar-refractivity contribution >= 4 is 38.3 Å². The molecule has 0 saturated heterocycles. The van der Waals surface area contributed by atoms with Gasteiger partial charge in [-0.1, -0.05) is 47.6 Å². The number of nitrogens with one attached hydrogen (secondary N) is 1. The molecule has 8 heteroatoms. The molecule has 0 spiro atoms. The summed E-state index contributed by atoms with van der Waals surface area (Å²) in [6, 6.07) is 5.05. The van der Waals surface area contributed by atoms with Crippen molar-refractivity contribution in [2.75, 3.05) is 13.2 Å². The molecule has 0 aliphatic carbocycles. The van der Waals surface area contributed by atoms with Gasteiger partial charge in [-0.15, -0.1) is 0 Å². The molecule has 1 aliphatic heterocycles. The summed E-state index contributed by atoms with van der Waals surface area (Å²) in [6.45, 7) is 23.0. The van der Waals surface area contributed by atoms with Gasteiger partial charge in [0.1, 0.15) is 5.82 Å². The molecule has 4 nitrogen and oxygen atoms in total. The number of hydroxylamine groups is 1. The summed E-state index contributed by atoms with van der Waals surface area (Å²) in [5, 5.41) is 0.170. The Morgan fingerprint density at radius 1 is 0.968 bits per heavy atom. The average molecular weight is 533 g/mol. The Hall–Kier alpha value is -0.516. The molecule has 1 N–H and O–H groups in total. The predicted octanol–water partition coefficient (Wildman–Crippen LogP) is 7.25. The lowest BCUT2D eigenvalue weighted by Gasteiger charge is -2.41. The van der Waals surface area contributed by atoms with Gasteiger partial charge in [0.05, 0.1) is 23.4 Å². The van der Waals surface area contributed by atoms with E-state index in [1.807, 2.05) is 12.1 Å². The Morgan fingerprint density at radius 2 is 1.45 bits per heavy atom. The molecule has 0 radical (unpaired) electrons. The van der Waals surface area contributed by atoms with Gasteiger partial charge < -0.3 is 8.85 Å². The second kappa shape index (κ2) is 9.02. The second-order valence-corrected chi connectivity index (χ2v) is 22.0. The molecular weight excluding hydrogens is 493 g/mol. The van der Waals surface area contributed by atoms with Crippen LogP contribution in [-0.2, 0) is 13.7 Å². The normalized spacial score (nSPS) is 17.5. The van der Waals surface area contributed by atoms with Crippen LogP contribution in [0, 0.1) is 5.82 Å². The summed E-state index contributed by atoms with van der Waals surface area (Å²) in [6.07, 6.45) is 2.00. The van der Waals surface area contributed by atoms with Crippen molar-refractivity contribution in [1.29, 1.82) is 0 Å². The highest BCUT2D eigenvalue weighted by Crippen LogP contribution is 2.40. The lowest BCUT2D eigenvalue weighted by Crippen LogP contribution is -2.51. The molecule has 1 aliphatic rings. The molecule has 176 valence electrons. The van der Waals surface area contributed by atoms with E-state index in [0.717, 1.165) is 11.3 Å². The number of hydrogen-bond acceptors (Lipinski definition) is 4. The maximum absolute atomic E-state index is 14.1. The third-order valence-corrected chi connectivity index (χ3v) is 16.6. The molecule has 1 heterocycles. The van der Waals surface area contributed by atoms with Crippen molar-refractivity contribution in [2.24, 2.45) is 0 Å². The summed E-state index contributed by atoms with van der Waals surface area (Å²) < 4.78 is 27.6. The first-order valence-corrected chi connectivity index (χ1v) is 17.4. The summed E-state index contributed by atoms with van der Waals surface area (Å²) in [5.41, 5.74) is 3.69. The highest BCUT2D eigenvalue weighted by atomic mass is 79.9. The molecule has 0 saturated carbocycles. The highest BCUT2D eigenvalue weighted by molar-refractivity contribution is 9.10. The van der Waals surface area contributed by atoms with Crippen LogP contribution in [0.2, 0.25) is 36.3 Å². The second-order valence-electron chi connectivity index (χ2n) is 11.6. The van der Waals surface area contributed by atoms with Crippen molar-refractivity contribution in [3.8, 4) is 0 Å². The molecular formula is C23H39BrFNO3Si2. The molecule has 0 atom stereocenters. The topological polar surface area (TPSA) is 39.7 Å². The maximum Gasteiger partial charge on any atom is 0.192 e. The third kappa shape index (κ3) is 6.29. The standard InChI is InChI=1S/C23H39BrFNO3Si2/c1-21(2,3)30(7,8)27-15-23(16-28-31(9,10)22(4,5)6)14-20(26-29-23)17-11-12-18(24)19(25)13-17/h11-14,26H,15-16H2,1-10H3. The van der Waals surface area contributed by atoms with Gasteiger partial charge in [0.25, 0.3) is 0 Å². The number of benzene rings is 1. The van der Waals surface area contributed by atoms with Gasteiger partial charge in [0.2, 0.25) is 0 Å². The first kappa shape index (κ1) is 26.7. The molecule has 0 amide bonds. The average Bonchev–Trinajstić information content (AvgIpc) is 3.04. The van der Waals surface area contributed by atoms with Gasteiger partial charge >= 0.3 is 0 Å². The zero-order valence-corrected chi connectivity index (χ0v) is 24.3. The summed E-state index contributed by atoms with van der Waals surface area (Å²) in [7, 11) is -3.99. The minimum Gasteiger partial charge on any atom is -0.413 e. The molecule has 31 heavy (non-hydrogen) atoms. The zero-order chi connectivity index (χ0) is 23.9. The van der Waals surface area contributed by atoms with Crippen LogP contribution in [0.5, 0.6) is 0 Å². The molecule has 0 fully saturated rings. The molecule has 1 aromatic rings. The van der Waals surface area contributed by atoms with Crippen LogP contribution in [-0.4, -0.2) is 35.4 Å². The van der Waals surface area contributed by atoms with Crippen molar-refractivity contribution < 1.29 is 18.1 Å². The molecule has 0 aromatic heterocycles. The largest absolute Gasteiger partial charge is 0.413 e. The fourth-order valence-electron chi connectivity index (χ4n) is 2.51. The van der Waals surface area contributed by atoms with E-state index in [-0.39, 0.29) is 15.9 Å². The monoisotopic (exact) mass is 531 g/mol. The number of rotatable bonds is 7. The van der Waals surface area contributed by atoms with E-state index in [9.17, 15) is 4.39 Å². The Labute approximate surface area is 198 Å². The maximum atomic E-state index is 14.1. The Bertz CT molecular complexity index is 799. The van der Waals surface area contributed by atoms with Gasteiger partial charge in [-0.05, 0) is 70.4 Å². The number of halogens is 2. The first-order valence-electron chi connectivity index (χ1n) is 10.8. The fraction of sp³-hybridized carbons (Fsp3) is 0.652. The van der Waals surface area contributed by atoms with Crippen molar-refractivity contribution in [3.63, 3.8) is 0 Å². The summed E-state index contributed by atoms with van der Waals surface area (Å²) in [4.78, 5) is 6.11. The quantitative estimate of drug-likeness (QED) is 0.376. The van der Waals surface area contributed by atoms with E-state index >= 15 is 0 Å². The van der Waals surface area contributed by atoms with E-state index in [2.05, 4.69) is 89.1 Å². The summed E-state index contributed by atoms with van der Waals surface area (Å²) >= 11 is 3.21. The van der Waals surface area contributed by atoms with Gasteiger partial charge in [-0.3, -0.25) is 10.3 Å². The predicted molar refractivity (Wildman–Crippen MR) is 135 cm³/mol. The lowest BCUT2D eigenvalue weighted by molar-refractivity contribution is -0.0864. The van der Waals surface area contributed by atoms with Crippen LogP contribution in [0.3, 0.4) is 0 Å². The van der Waals surface area contributed by atoms with Crippen LogP contribution >= 0.6 is 15.9 Å². The van der Waals surface area contributed by atoms with Gasteiger partial charge in [-0.2, -0.15) is 0 Å². The minimum atomic E-state index is -2.00. The fourth-order valence-corrected chi connectivity index (χ4v) is 4.83. The SMILES string of the molecule is CC(C)(C)[Si](C)(C)OCC1(CO[Si](C)(C)C(C)(C)C)C=C(c2ccc(Br)c(F)c2)NO1. The third-order valence-electron chi connectivity index (χ3n) is 6.97. The van der Waals surface area contributed by atoms with E-state index in [4.69, 9.17) is 13.7 Å². The zero-order valence-electron chi connectivity index (χ0n) is 20.7. The van der Waals surface area contributed by atoms with Gasteiger partial charge in [0.15, 0.2) is 22.2 Å². The molecule has 2 rings (SSSR count). The van der Waals surface area contributed by atoms with E-state index in [0.29, 0.717) is 17.7 Å². The lowest BCUT2D eigenvalue weighted by atomic mass is 10.0. The first-order chi connectivity index (χ1) is 13.9. The van der Waals surface area contributed by atoms with Crippen LogP contribution in [0.4, 0.5) is 4.39 Å². The Balaban J connectivity index is 2.34. The minimum absolute atomic E-state index is 0.0852. The van der Waals surface area contributed by atoms with E-state index in [1.165, 1.54) is 6.07 Å². The van der Waals surface area contributed by atoms with Crippen molar-refractivity contribution in [1.82, 2.24) is 5.48 Å². The van der Waals surface area contributed by atoms with Gasteiger partial charge in [0, 0.05) is 5.56 Å². The smallest absolute Gasteiger partial charge is 0.192 e. The Morgan fingerprint density at radius 3 is 1.87 bits per heavy atom. The Kier molecular flexibility index (Phi) is 7.78. The highest BCUT2D eigenvalue weighted by Gasteiger charge is 2.45. The van der Waals surface area contributed by atoms with E-state index in [1.54, 1.807) is 6.07 Å². The molecule has 0 unspecified atom stereocenters. The molecule has 0 bridgehead atoms. The van der Waals surface area contributed by atoms with E-state index < -0.39 is 22.2 Å². The van der Waals surface area contributed by atoms with Crippen molar-refractivity contribution in [3.05, 3.63) is 40.1 Å². The number of hydrogen-bond donors (Lipinski definition) is 1. The van der Waals surface area contributed by atoms with Gasteiger partial charge in [-0.25, -0.2) is 4.39 Å². The van der Waals surface area contributed by atoms with Crippen LogP contribution in [0.1, 0.15) is 47.1 Å². The molecule has 1 aromatic carbocycles. The van der Waals surface area contributed by atoms with Crippen LogP contribution in [0.25, 0.3) is 5.70 Å².